The monoisotopic (exact) mass is 1210 g/mol. The number of aromatic hydroxyl groups is 1. The van der Waals surface area contributed by atoms with E-state index in [-0.39, 0.29) is 102 Å². The average molecular weight is 1210 g/mol. The number of carboxylic acid groups (broad SMARTS) is 1. The first-order valence-corrected chi connectivity index (χ1v) is 29.3. The summed E-state index contributed by atoms with van der Waals surface area (Å²) in [5.74, 6) is -10.2. The van der Waals surface area contributed by atoms with Gasteiger partial charge in [0.25, 0.3) is 11.7 Å². The van der Waals surface area contributed by atoms with E-state index in [1.54, 1.807) is 23.3 Å². The maximum atomic E-state index is 16.2. The van der Waals surface area contributed by atoms with Gasteiger partial charge in [-0.2, -0.15) is 0 Å². The SMILES string of the molecule is COc1c(N2CCC(NC3CCN(C(=O)O[C@@H]4[C@H](C)[C@@H](OC)C=CO[C@@]5(C)Oc6c(C)c(O)c7c(c6C5=O)C(=O)C(N5CCOCC5)=C(NC(=O)/C(C)=C\C=C\[C@H](C)[C@H](O)[C@@H](N)[C@@H](O)[C@H]4N)C7=O)CC3)C2)c(F)cc2c(=O)c(C(=O)O)cn(C3CC3)c12. The zero-order chi connectivity index (χ0) is 62.7. The van der Waals surface area contributed by atoms with Gasteiger partial charge in [-0.25, -0.2) is 14.0 Å². The van der Waals surface area contributed by atoms with Crippen LogP contribution in [0.15, 0.2) is 64.6 Å². The molecule has 1 unspecified atom stereocenters. The molecule has 87 heavy (non-hydrogen) atoms. The third kappa shape index (κ3) is 11.6. The lowest BCUT2D eigenvalue weighted by atomic mass is 9.82. The third-order valence-electron chi connectivity index (χ3n) is 17.9. The van der Waals surface area contributed by atoms with Crippen LogP contribution in [0.4, 0.5) is 14.9 Å². The number of pyridine rings is 1. The molecule has 6 aliphatic heterocycles. The Morgan fingerprint density at radius 1 is 0.874 bits per heavy atom. The average Bonchev–Trinajstić information content (AvgIpc) is 1.71. The molecular formula is C61H75FN8O17. The highest BCUT2D eigenvalue weighted by Crippen LogP contribution is 2.50. The first-order valence-electron chi connectivity index (χ1n) is 29.3. The summed E-state index contributed by atoms with van der Waals surface area (Å²) in [6.07, 6.45) is 4.96. The standard InChI is InChI=1S/C61H75FN8O17/c1-28-9-8-10-29(2)58(78)66-44-47(67-20-23-84-24-21-67)52(75)39-40(51(44)74)49(72)31(4)54-41(39)57(77)61(5,87-54)85-22-16-38(82-6)30(3)55(43(64)53(76)42(63)48(28)71)86-60(81)68-17-13-32(14-18-68)65-33-15-19-69(26-33)46-37(62)25-35-45(56(46)83-7)70(34-11-12-34)27-36(50(35)73)59(79)80/h8-10,16,22,25,27-28,30,32-34,38,42-43,48,53,55,65,71-72,76H,11-15,17-21,23-24,26,63-64H2,1-7H3,(H,66,78)(H,79,80)/b9-8+,22-16?,29-10-/t28-,30+,33?,38-,42+,43+,48-,53+,55+,61-/m0/s1. The summed E-state index contributed by atoms with van der Waals surface area (Å²) in [5, 5.41) is 51.1. The van der Waals surface area contributed by atoms with Gasteiger partial charge < -0.3 is 90.2 Å². The molecular weight excluding hydrogens is 1140 g/mol. The number of Topliss-reactive ketones (excluding diaryl/α,β-unsaturated/α-hetero) is 3. The fourth-order valence-electron chi connectivity index (χ4n) is 12.6. The van der Waals surface area contributed by atoms with Gasteiger partial charge >= 0.3 is 17.8 Å². The molecule has 1 saturated carbocycles. The number of carboxylic acids is 1. The van der Waals surface area contributed by atoms with Crippen LogP contribution < -0.4 is 41.9 Å². The van der Waals surface area contributed by atoms with Crippen LogP contribution >= 0.6 is 0 Å². The van der Waals surface area contributed by atoms with E-state index in [1.165, 1.54) is 70.4 Å². The number of phenols is 1. The van der Waals surface area contributed by atoms with E-state index in [4.69, 9.17) is 39.9 Å². The number of nitrogens with one attached hydrogen (secondary N) is 2. The Kier molecular flexibility index (Phi) is 17.8. The molecule has 2 amide bonds. The van der Waals surface area contributed by atoms with E-state index in [9.17, 15) is 54.0 Å². The van der Waals surface area contributed by atoms with E-state index in [0.717, 1.165) is 25.2 Å². The van der Waals surface area contributed by atoms with Crippen LogP contribution in [0.3, 0.4) is 0 Å². The van der Waals surface area contributed by atoms with Crippen molar-refractivity contribution in [2.75, 3.05) is 71.6 Å². The number of likely N-dealkylation sites (tertiary alicyclic amines) is 1. The fourth-order valence-corrected chi connectivity index (χ4v) is 12.6. The van der Waals surface area contributed by atoms with Crippen LogP contribution in [0.25, 0.3) is 10.9 Å². The maximum Gasteiger partial charge on any atom is 0.410 e. The third-order valence-corrected chi connectivity index (χ3v) is 17.9. The number of halogens is 1. The van der Waals surface area contributed by atoms with Crippen molar-refractivity contribution in [2.45, 2.75) is 127 Å². The number of carbonyl (C=O) groups excluding carboxylic acids is 5. The van der Waals surface area contributed by atoms with Gasteiger partial charge in [-0.1, -0.05) is 32.1 Å². The second-order valence-corrected chi connectivity index (χ2v) is 23.6. The summed E-state index contributed by atoms with van der Waals surface area (Å²) in [6.45, 7) is 9.31. The van der Waals surface area contributed by atoms with Crippen LogP contribution in [0.5, 0.6) is 17.2 Å². The molecule has 8 aliphatic rings. The Labute approximate surface area is 500 Å². The minimum Gasteiger partial charge on any atom is -0.507 e. The quantitative estimate of drug-likeness (QED) is 0.153. The van der Waals surface area contributed by atoms with Crippen molar-refractivity contribution in [3.63, 3.8) is 0 Å². The molecule has 11 rings (SSSR count). The Bertz CT molecular complexity index is 3490. The number of hydrogen-bond acceptors (Lipinski definition) is 21. The van der Waals surface area contributed by atoms with Crippen molar-refractivity contribution in [1.82, 2.24) is 25.0 Å². The summed E-state index contributed by atoms with van der Waals surface area (Å²) < 4.78 is 53.6. The lowest BCUT2D eigenvalue weighted by Crippen LogP contribution is -2.61. The van der Waals surface area contributed by atoms with Gasteiger partial charge in [0.05, 0.1) is 84.6 Å². The number of ketones is 3. The lowest BCUT2D eigenvalue weighted by molar-refractivity contribution is -0.116. The van der Waals surface area contributed by atoms with Crippen molar-refractivity contribution >= 4 is 51.9 Å². The number of hydrogen-bond donors (Lipinski definition) is 8. The number of ether oxygens (including phenoxy) is 6. The summed E-state index contributed by atoms with van der Waals surface area (Å²) >= 11 is 0. The van der Waals surface area contributed by atoms with E-state index in [2.05, 4.69) is 10.6 Å². The molecule has 468 valence electrons. The number of nitrogens with zero attached hydrogens (tertiary/aromatic N) is 4. The molecule has 3 aromatic rings. The van der Waals surface area contributed by atoms with Gasteiger partial charge in [-0.15, -0.1) is 0 Å². The van der Waals surface area contributed by atoms with Gasteiger partial charge in [-0.3, -0.25) is 24.0 Å². The number of anilines is 1. The molecule has 25 nitrogen and oxygen atoms in total. The number of rotatable bonds is 9. The Morgan fingerprint density at radius 3 is 2.22 bits per heavy atom. The van der Waals surface area contributed by atoms with Gasteiger partial charge in [0, 0.05) is 101 Å². The maximum absolute atomic E-state index is 16.2. The highest BCUT2D eigenvalue weighted by molar-refractivity contribution is 6.32. The number of aromatic nitrogens is 1. The summed E-state index contributed by atoms with van der Waals surface area (Å²) in [4.78, 5) is 103. The zero-order valence-corrected chi connectivity index (χ0v) is 49.5. The van der Waals surface area contributed by atoms with Crippen LogP contribution in [-0.4, -0.2) is 191 Å². The summed E-state index contributed by atoms with van der Waals surface area (Å²) in [5.41, 5.74) is 10.8. The smallest absolute Gasteiger partial charge is 0.410 e. The van der Waals surface area contributed by atoms with Crippen molar-refractivity contribution in [3.8, 4) is 17.2 Å². The van der Waals surface area contributed by atoms with E-state index < -0.39 is 129 Å². The molecule has 5 bridgehead atoms. The zero-order valence-electron chi connectivity index (χ0n) is 49.5. The Balaban J connectivity index is 0.878. The molecule has 4 fully saturated rings. The first kappa shape index (κ1) is 62.3. The minimum absolute atomic E-state index is 0.0556. The number of carbonyl (C=O) groups is 6. The van der Waals surface area contributed by atoms with Gasteiger partial charge in [0.1, 0.15) is 40.2 Å². The fraction of sp³-hybridized carbons (Fsp3) is 0.525. The predicted molar refractivity (Wildman–Crippen MR) is 311 cm³/mol. The molecule has 0 spiro atoms. The molecule has 3 saturated heterocycles. The van der Waals surface area contributed by atoms with Crippen LogP contribution in [0.1, 0.15) is 113 Å². The Morgan fingerprint density at radius 2 is 1.56 bits per heavy atom. The molecule has 7 heterocycles. The predicted octanol–water partition coefficient (Wildman–Crippen LogP) is 3.07. The number of amides is 2. The molecule has 10 atom stereocenters. The number of allylic oxidation sites excluding steroid dienone is 4. The molecule has 2 aliphatic carbocycles. The van der Waals surface area contributed by atoms with Crippen LogP contribution in [0, 0.1) is 24.6 Å². The van der Waals surface area contributed by atoms with E-state index in [0.29, 0.717) is 37.9 Å². The molecule has 26 heteroatoms. The van der Waals surface area contributed by atoms with Crippen molar-refractivity contribution in [3.05, 3.63) is 104 Å². The van der Waals surface area contributed by atoms with Crippen molar-refractivity contribution in [2.24, 2.45) is 23.3 Å². The number of benzene rings is 2. The van der Waals surface area contributed by atoms with E-state index >= 15 is 4.39 Å². The largest absolute Gasteiger partial charge is 0.507 e. The number of aliphatic hydroxyl groups is 2. The number of phenolic OH excluding ortho intramolecular Hbond substituents is 1. The van der Waals surface area contributed by atoms with Crippen molar-refractivity contribution in [1.29, 1.82) is 0 Å². The number of piperidine rings is 1. The second-order valence-electron chi connectivity index (χ2n) is 23.6. The highest BCUT2D eigenvalue weighted by atomic mass is 19.1. The Hall–Kier alpha value is -7.72. The molecule has 10 N–H and O–H groups in total. The number of morpholine rings is 1. The first-order chi connectivity index (χ1) is 41.4. The summed E-state index contributed by atoms with van der Waals surface area (Å²) in [7, 11) is 2.75. The van der Waals surface area contributed by atoms with Gasteiger partial charge in [-0.05, 0) is 58.1 Å². The normalized spacial score (nSPS) is 29.6. The molecule has 2 aromatic carbocycles. The minimum atomic E-state index is -2.20. The molecule has 0 radical (unpaired) electrons. The number of aliphatic hydroxyl groups excluding tert-OH is 2. The van der Waals surface area contributed by atoms with E-state index in [1.807, 2.05) is 4.90 Å². The van der Waals surface area contributed by atoms with Gasteiger partial charge in [0.15, 0.2) is 11.6 Å². The van der Waals surface area contributed by atoms with Crippen LogP contribution in [0.2, 0.25) is 0 Å². The highest BCUT2D eigenvalue weighted by Gasteiger charge is 2.53. The number of aromatic carboxylic acids is 1. The number of methoxy groups -OCH3 is 2. The number of nitrogens with two attached hydrogens (primary N) is 2. The molecule has 1 aromatic heterocycles. The topological polar surface area (TPSA) is 347 Å². The lowest BCUT2D eigenvalue weighted by Gasteiger charge is -2.39. The van der Waals surface area contributed by atoms with Gasteiger partial charge in [0.2, 0.25) is 17.0 Å². The second kappa shape index (κ2) is 24.8. The van der Waals surface area contributed by atoms with Crippen LogP contribution in [-0.2, 0) is 23.7 Å². The summed E-state index contributed by atoms with van der Waals surface area (Å²) in [6, 6.07) is -2.05. The number of fused-ring (bicyclic) bond motifs is 15. The van der Waals surface area contributed by atoms with Crippen molar-refractivity contribution < 1.29 is 82.0 Å².